The highest BCUT2D eigenvalue weighted by molar-refractivity contribution is 5.91. The molecule has 0 saturated carbocycles. The second-order valence-corrected chi connectivity index (χ2v) is 4.82. The number of aromatic nitrogens is 2. The Kier molecular flexibility index (Phi) is 4.33. The lowest BCUT2D eigenvalue weighted by Crippen LogP contribution is -2.20. The SMILES string of the molecule is O=C(/C=C/c1ccco1)NCc1ccc(-n2ccnc2)c(F)c1. The third kappa shape index (κ3) is 3.74. The Bertz CT molecular complexity index is 808. The lowest BCUT2D eigenvalue weighted by Gasteiger charge is -2.07. The van der Waals surface area contributed by atoms with Gasteiger partial charge in [-0.1, -0.05) is 6.07 Å². The Balaban J connectivity index is 1.60. The molecule has 0 radical (unpaired) electrons. The summed E-state index contributed by atoms with van der Waals surface area (Å²) in [5.41, 5.74) is 1.08. The summed E-state index contributed by atoms with van der Waals surface area (Å²) in [5, 5.41) is 2.69. The van der Waals surface area contributed by atoms with Crippen molar-refractivity contribution in [3.05, 3.63) is 78.5 Å². The number of hydrogen-bond donors (Lipinski definition) is 1. The van der Waals surface area contributed by atoms with Crippen LogP contribution in [0.15, 0.2) is 65.8 Å². The van der Waals surface area contributed by atoms with Gasteiger partial charge in [-0.3, -0.25) is 4.79 Å². The van der Waals surface area contributed by atoms with E-state index in [1.54, 1.807) is 47.3 Å². The molecule has 6 heteroatoms. The number of nitrogens with one attached hydrogen (secondary N) is 1. The summed E-state index contributed by atoms with van der Waals surface area (Å²) in [7, 11) is 0. The molecule has 0 aliphatic heterocycles. The van der Waals surface area contributed by atoms with Gasteiger partial charge in [0.25, 0.3) is 0 Å². The molecule has 1 amide bonds. The van der Waals surface area contributed by atoms with Gasteiger partial charge in [-0.05, 0) is 35.9 Å². The maximum absolute atomic E-state index is 14.1. The molecule has 0 saturated heterocycles. The maximum Gasteiger partial charge on any atom is 0.244 e. The van der Waals surface area contributed by atoms with Crippen molar-refractivity contribution in [1.29, 1.82) is 0 Å². The van der Waals surface area contributed by atoms with Crippen LogP contribution in [-0.4, -0.2) is 15.5 Å². The van der Waals surface area contributed by atoms with E-state index >= 15 is 0 Å². The molecule has 1 N–H and O–H groups in total. The Labute approximate surface area is 132 Å². The summed E-state index contributed by atoms with van der Waals surface area (Å²) in [6, 6.07) is 8.29. The van der Waals surface area contributed by atoms with E-state index in [9.17, 15) is 9.18 Å². The predicted molar refractivity (Wildman–Crippen MR) is 83.1 cm³/mol. The van der Waals surface area contributed by atoms with Crippen LogP contribution in [0.25, 0.3) is 11.8 Å². The molecule has 0 bridgehead atoms. The molecule has 0 fully saturated rings. The van der Waals surface area contributed by atoms with Gasteiger partial charge in [0.05, 0.1) is 18.3 Å². The van der Waals surface area contributed by atoms with E-state index in [1.807, 2.05) is 0 Å². The van der Waals surface area contributed by atoms with E-state index in [4.69, 9.17) is 4.42 Å². The number of rotatable bonds is 5. The lowest BCUT2D eigenvalue weighted by molar-refractivity contribution is -0.116. The molecule has 3 rings (SSSR count). The second-order valence-electron chi connectivity index (χ2n) is 4.82. The molecule has 116 valence electrons. The molecule has 0 aliphatic rings. The molecule has 2 aromatic heterocycles. The number of imidazole rings is 1. The van der Waals surface area contributed by atoms with Crippen molar-refractivity contribution in [1.82, 2.24) is 14.9 Å². The lowest BCUT2D eigenvalue weighted by atomic mass is 10.2. The van der Waals surface area contributed by atoms with Crippen molar-refractivity contribution in [2.45, 2.75) is 6.54 Å². The first kappa shape index (κ1) is 14.8. The molecule has 1 aromatic carbocycles. The van der Waals surface area contributed by atoms with Gasteiger partial charge in [0.15, 0.2) is 0 Å². The van der Waals surface area contributed by atoms with Gasteiger partial charge in [0, 0.05) is 25.0 Å². The van der Waals surface area contributed by atoms with E-state index in [2.05, 4.69) is 10.3 Å². The number of carbonyl (C=O) groups is 1. The smallest absolute Gasteiger partial charge is 0.244 e. The number of amides is 1. The third-order valence-electron chi connectivity index (χ3n) is 3.20. The van der Waals surface area contributed by atoms with Crippen LogP contribution in [0.3, 0.4) is 0 Å². The van der Waals surface area contributed by atoms with E-state index in [0.29, 0.717) is 17.0 Å². The van der Waals surface area contributed by atoms with Crippen LogP contribution in [0.1, 0.15) is 11.3 Å². The van der Waals surface area contributed by atoms with Crippen molar-refractivity contribution in [3.63, 3.8) is 0 Å². The monoisotopic (exact) mass is 311 g/mol. The third-order valence-corrected chi connectivity index (χ3v) is 3.20. The molecule has 0 unspecified atom stereocenters. The van der Waals surface area contributed by atoms with Crippen LogP contribution in [0.5, 0.6) is 0 Å². The average Bonchev–Trinajstić information content (AvgIpc) is 3.24. The van der Waals surface area contributed by atoms with Gasteiger partial charge in [-0.25, -0.2) is 9.37 Å². The molecule has 23 heavy (non-hydrogen) atoms. The van der Waals surface area contributed by atoms with Crippen LogP contribution in [0.4, 0.5) is 4.39 Å². The minimum atomic E-state index is -0.374. The largest absolute Gasteiger partial charge is 0.465 e. The van der Waals surface area contributed by atoms with Crippen LogP contribution < -0.4 is 5.32 Å². The highest BCUT2D eigenvalue weighted by atomic mass is 19.1. The number of hydrogen-bond acceptors (Lipinski definition) is 3. The Morgan fingerprint density at radius 2 is 2.30 bits per heavy atom. The highest BCUT2D eigenvalue weighted by Crippen LogP contribution is 2.14. The van der Waals surface area contributed by atoms with Crippen LogP contribution in [-0.2, 0) is 11.3 Å². The van der Waals surface area contributed by atoms with Gasteiger partial charge in [-0.2, -0.15) is 0 Å². The van der Waals surface area contributed by atoms with Crippen molar-refractivity contribution in [2.24, 2.45) is 0 Å². The fourth-order valence-corrected chi connectivity index (χ4v) is 2.06. The van der Waals surface area contributed by atoms with Crippen molar-refractivity contribution >= 4 is 12.0 Å². The Morgan fingerprint density at radius 3 is 3.00 bits per heavy atom. The second kappa shape index (κ2) is 6.74. The first-order valence-electron chi connectivity index (χ1n) is 6.98. The van der Waals surface area contributed by atoms with Gasteiger partial charge < -0.3 is 14.3 Å². The quantitative estimate of drug-likeness (QED) is 0.737. The molecule has 0 aliphatic carbocycles. The number of halogens is 1. The molecular formula is C17H14FN3O2. The molecule has 0 spiro atoms. The Hall–Kier alpha value is -3.15. The number of furan rings is 1. The predicted octanol–water partition coefficient (Wildman–Crippen LogP) is 2.93. The summed E-state index contributed by atoms with van der Waals surface area (Å²) in [4.78, 5) is 15.6. The van der Waals surface area contributed by atoms with Crippen molar-refractivity contribution in [3.8, 4) is 5.69 Å². The maximum atomic E-state index is 14.1. The summed E-state index contributed by atoms with van der Waals surface area (Å²) < 4.78 is 20.8. The molecule has 5 nitrogen and oxygen atoms in total. The Morgan fingerprint density at radius 1 is 1.39 bits per heavy atom. The summed E-state index contributed by atoms with van der Waals surface area (Å²) >= 11 is 0. The first-order chi connectivity index (χ1) is 11.2. The topological polar surface area (TPSA) is 60.1 Å². The van der Waals surface area contributed by atoms with Gasteiger partial charge in [0.1, 0.15) is 11.6 Å². The van der Waals surface area contributed by atoms with Gasteiger partial charge in [0.2, 0.25) is 5.91 Å². The van der Waals surface area contributed by atoms with Crippen molar-refractivity contribution < 1.29 is 13.6 Å². The first-order valence-corrected chi connectivity index (χ1v) is 6.98. The fourth-order valence-electron chi connectivity index (χ4n) is 2.06. The molecule has 3 aromatic rings. The van der Waals surface area contributed by atoms with Crippen LogP contribution in [0.2, 0.25) is 0 Å². The average molecular weight is 311 g/mol. The van der Waals surface area contributed by atoms with Gasteiger partial charge in [-0.15, -0.1) is 0 Å². The normalized spacial score (nSPS) is 11.0. The molecule has 2 heterocycles. The van der Waals surface area contributed by atoms with E-state index in [1.165, 1.54) is 24.7 Å². The standard InChI is InChI=1S/C17H14FN3O2/c18-15-10-13(3-5-16(15)21-8-7-19-12-21)11-20-17(22)6-4-14-2-1-9-23-14/h1-10,12H,11H2,(H,20,22)/b6-4+. The van der Waals surface area contributed by atoms with Crippen molar-refractivity contribution in [2.75, 3.05) is 0 Å². The number of benzene rings is 1. The molecule has 0 atom stereocenters. The zero-order valence-electron chi connectivity index (χ0n) is 12.1. The van der Waals surface area contributed by atoms with Gasteiger partial charge >= 0.3 is 0 Å². The number of carbonyl (C=O) groups excluding carboxylic acids is 1. The minimum Gasteiger partial charge on any atom is -0.465 e. The summed E-state index contributed by atoms with van der Waals surface area (Å²) in [6.45, 7) is 0.239. The zero-order chi connectivity index (χ0) is 16.1. The summed E-state index contributed by atoms with van der Waals surface area (Å²) in [6.07, 6.45) is 9.24. The minimum absolute atomic E-state index is 0.239. The fraction of sp³-hybridized carbons (Fsp3) is 0.0588. The van der Waals surface area contributed by atoms with E-state index in [-0.39, 0.29) is 18.3 Å². The highest BCUT2D eigenvalue weighted by Gasteiger charge is 2.06. The van der Waals surface area contributed by atoms with Crippen LogP contribution in [0, 0.1) is 5.82 Å². The van der Waals surface area contributed by atoms with E-state index in [0.717, 1.165) is 0 Å². The number of nitrogens with zero attached hydrogens (tertiary/aromatic N) is 2. The van der Waals surface area contributed by atoms with E-state index < -0.39 is 0 Å². The van der Waals surface area contributed by atoms with Crippen LogP contribution >= 0.6 is 0 Å². The summed E-state index contributed by atoms with van der Waals surface area (Å²) in [5.74, 6) is -0.0581. The zero-order valence-corrected chi connectivity index (χ0v) is 12.1. The molecular weight excluding hydrogens is 297 g/mol.